The molecule has 6 rings (SSSR count). The molecule has 7 nitrogen and oxygen atoms in total. The first-order valence-corrected chi connectivity index (χ1v) is 12.4. The van der Waals surface area contributed by atoms with Crippen LogP contribution in [0, 0.1) is 0 Å². The van der Waals surface area contributed by atoms with E-state index in [0.29, 0.717) is 54.2 Å². The highest BCUT2D eigenvalue weighted by Crippen LogP contribution is 2.41. The average molecular weight is 511 g/mol. The molecule has 1 unspecified atom stereocenters. The minimum Gasteiger partial charge on any atom is -0.379 e. The Labute approximate surface area is 212 Å². The lowest BCUT2D eigenvalue weighted by molar-refractivity contribution is 0.00198. The highest BCUT2D eigenvalue weighted by atomic mass is 35.5. The first kappa shape index (κ1) is 22.8. The molecule has 9 heteroatoms. The van der Waals surface area contributed by atoms with E-state index >= 15 is 0 Å². The molecule has 2 aliphatic rings. The number of aliphatic hydroxyl groups is 1. The number of pyridine rings is 1. The molecule has 0 spiro atoms. The van der Waals surface area contributed by atoms with E-state index in [2.05, 4.69) is 14.5 Å². The Bertz CT molecular complexity index is 1450. The maximum atomic E-state index is 13.3. The van der Waals surface area contributed by atoms with Gasteiger partial charge in [-0.25, -0.2) is 4.98 Å². The van der Waals surface area contributed by atoms with Gasteiger partial charge in [-0.3, -0.25) is 9.69 Å². The van der Waals surface area contributed by atoms with Crippen LogP contribution in [0.4, 0.5) is 0 Å². The molecule has 1 N–H and O–H groups in total. The van der Waals surface area contributed by atoms with Gasteiger partial charge in [0, 0.05) is 64.6 Å². The maximum absolute atomic E-state index is 13.3. The molecule has 2 aromatic carbocycles. The third-order valence-corrected chi connectivity index (χ3v) is 7.57. The van der Waals surface area contributed by atoms with E-state index in [1.807, 2.05) is 30.3 Å². The normalized spacial score (nSPS) is 18.7. The van der Waals surface area contributed by atoms with Crippen LogP contribution in [0.25, 0.3) is 21.8 Å². The SMILES string of the molecule is O=C1c2ncc3c(c2C(O)N1CCN1CCOCC1)c1ccccc1n3Cc1cc(Cl)ccc1Cl. The van der Waals surface area contributed by atoms with Gasteiger partial charge in [0.1, 0.15) is 5.69 Å². The number of morpholine rings is 1. The first-order valence-electron chi connectivity index (χ1n) is 11.7. The van der Waals surface area contributed by atoms with Crippen LogP contribution in [0.15, 0.2) is 48.7 Å². The Morgan fingerprint density at radius 3 is 2.69 bits per heavy atom. The van der Waals surface area contributed by atoms with Crippen LogP contribution in [0.1, 0.15) is 27.8 Å². The highest BCUT2D eigenvalue weighted by Gasteiger charge is 2.39. The summed E-state index contributed by atoms with van der Waals surface area (Å²) < 4.78 is 7.53. The Kier molecular flexibility index (Phi) is 5.90. The molecule has 0 bridgehead atoms. The molecular weight excluding hydrogens is 487 g/mol. The van der Waals surface area contributed by atoms with Crippen molar-refractivity contribution in [3.8, 4) is 0 Å². The van der Waals surface area contributed by atoms with Gasteiger partial charge in [0.05, 0.1) is 24.9 Å². The number of fused-ring (bicyclic) bond motifs is 5. The fraction of sp³-hybridized carbons (Fsp3) is 0.308. The van der Waals surface area contributed by atoms with Crippen molar-refractivity contribution in [2.75, 3.05) is 39.4 Å². The number of carbonyl (C=O) groups excluding carboxylic acids is 1. The Hall–Kier alpha value is -2.68. The van der Waals surface area contributed by atoms with Crippen molar-refractivity contribution >= 4 is 50.9 Å². The van der Waals surface area contributed by atoms with Gasteiger partial charge in [-0.1, -0.05) is 41.4 Å². The van der Waals surface area contributed by atoms with Crippen LogP contribution in [0.3, 0.4) is 0 Å². The molecule has 4 heterocycles. The molecule has 0 saturated carbocycles. The number of ether oxygens (including phenoxy) is 1. The van der Waals surface area contributed by atoms with E-state index < -0.39 is 6.23 Å². The van der Waals surface area contributed by atoms with Gasteiger partial charge in [0.2, 0.25) is 0 Å². The molecule has 0 radical (unpaired) electrons. The van der Waals surface area contributed by atoms with Crippen LogP contribution in [0.2, 0.25) is 10.0 Å². The predicted octanol–water partition coefficient (Wildman–Crippen LogP) is 4.32. The molecule has 35 heavy (non-hydrogen) atoms. The molecule has 180 valence electrons. The van der Waals surface area contributed by atoms with E-state index in [-0.39, 0.29) is 5.91 Å². The van der Waals surface area contributed by atoms with Crippen molar-refractivity contribution in [3.63, 3.8) is 0 Å². The number of aromatic nitrogens is 2. The smallest absolute Gasteiger partial charge is 0.275 e. The largest absolute Gasteiger partial charge is 0.379 e. The van der Waals surface area contributed by atoms with Crippen molar-refractivity contribution in [2.24, 2.45) is 0 Å². The molecular formula is C26H24Cl2N4O3. The van der Waals surface area contributed by atoms with E-state index in [4.69, 9.17) is 27.9 Å². The minimum atomic E-state index is -1.05. The fourth-order valence-corrected chi connectivity index (χ4v) is 5.55. The second-order valence-corrected chi connectivity index (χ2v) is 9.79. The van der Waals surface area contributed by atoms with Gasteiger partial charge in [-0.2, -0.15) is 0 Å². The molecule has 1 amide bonds. The van der Waals surface area contributed by atoms with Crippen molar-refractivity contribution in [1.29, 1.82) is 0 Å². The summed E-state index contributed by atoms with van der Waals surface area (Å²) in [6.45, 7) is 4.62. The number of para-hydroxylation sites is 1. The number of nitrogens with zero attached hydrogens (tertiary/aromatic N) is 4. The lowest BCUT2D eigenvalue weighted by Gasteiger charge is -2.29. The van der Waals surface area contributed by atoms with Crippen molar-refractivity contribution in [2.45, 2.75) is 12.8 Å². The zero-order valence-electron chi connectivity index (χ0n) is 19.0. The second kappa shape index (κ2) is 9.08. The predicted molar refractivity (Wildman–Crippen MR) is 136 cm³/mol. The summed E-state index contributed by atoms with van der Waals surface area (Å²) in [6.07, 6.45) is 0.673. The number of amides is 1. The topological polar surface area (TPSA) is 70.8 Å². The lowest BCUT2D eigenvalue weighted by Crippen LogP contribution is -2.42. The lowest BCUT2D eigenvalue weighted by atomic mass is 10.1. The van der Waals surface area contributed by atoms with Crippen LogP contribution < -0.4 is 0 Å². The molecule has 4 aromatic rings. The van der Waals surface area contributed by atoms with Gasteiger partial charge in [-0.05, 0) is 29.8 Å². The zero-order chi connectivity index (χ0) is 24.1. The number of aliphatic hydroxyl groups excluding tert-OH is 1. The minimum absolute atomic E-state index is 0.239. The third-order valence-electron chi connectivity index (χ3n) is 6.97. The molecule has 1 atom stereocenters. The summed E-state index contributed by atoms with van der Waals surface area (Å²) in [5.41, 5.74) is 3.58. The number of hydrogen-bond donors (Lipinski definition) is 1. The van der Waals surface area contributed by atoms with E-state index in [9.17, 15) is 9.90 Å². The Balaban J connectivity index is 1.43. The number of halogens is 2. The third kappa shape index (κ3) is 3.88. The van der Waals surface area contributed by atoms with Crippen LogP contribution in [-0.2, 0) is 11.3 Å². The number of benzene rings is 2. The second-order valence-electron chi connectivity index (χ2n) is 8.95. The van der Waals surface area contributed by atoms with Gasteiger partial charge in [-0.15, -0.1) is 0 Å². The molecule has 0 aliphatic carbocycles. The van der Waals surface area contributed by atoms with Gasteiger partial charge >= 0.3 is 0 Å². The molecule has 2 aliphatic heterocycles. The Morgan fingerprint density at radius 1 is 1.06 bits per heavy atom. The maximum Gasteiger partial charge on any atom is 0.275 e. The summed E-state index contributed by atoms with van der Waals surface area (Å²) in [6, 6.07) is 13.4. The number of rotatable bonds is 5. The molecule has 1 saturated heterocycles. The van der Waals surface area contributed by atoms with Gasteiger partial charge in [0.15, 0.2) is 6.23 Å². The van der Waals surface area contributed by atoms with Crippen LogP contribution in [0.5, 0.6) is 0 Å². The standard InChI is InChI=1S/C26H24Cl2N4O3/c27-17-5-6-19(28)16(13-17)15-32-20-4-2-1-3-18(20)22-21(32)14-29-24-23(22)25(33)31(26(24)34)8-7-30-9-11-35-12-10-30/h1-6,13-14,25,33H,7-12,15H2. The van der Waals surface area contributed by atoms with Crippen molar-refractivity contribution in [1.82, 2.24) is 19.4 Å². The monoisotopic (exact) mass is 510 g/mol. The Morgan fingerprint density at radius 2 is 1.86 bits per heavy atom. The van der Waals surface area contributed by atoms with E-state index in [1.54, 1.807) is 18.3 Å². The molecule has 2 aromatic heterocycles. The molecule has 1 fully saturated rings. The number of hydrogen-bond acceptors (Lipinski definition) is 5. The van der Waals surface area contributed by atoms with E-state index in [0.717, 1.165) is 40.5 Å². The van der Waals surface area contributed by atoms with Gasteiger partial charge < -0.3 is 19.3 Å². The summed E-state index contributed by atoms with van der Waals surface area (Å²) in [5.74, 6) is -0.239. The number of carbonyl (C=O) groups is 1. The highest BCUT2D eigenvalue weighted by molar-refractivity contribution is 6.33. The van der Waals surface area contributed by atoms with Crippen molar-refractivity contribution < 1.29 is 14.6 Å². The van der Waals surface area contributed by atoms with Crippen LogP contribution >= 0.6 is 23.2 Å². The zero-order valence-corrected chi connectivity index (χ0v) is 20.5. The fourth-order valence-electron chi connectivity index (χ4n) is 5.18. The first-order chi connectivity index (χ1) is 17.0. The van der Waals surface area contributed by atoms with Crippen LogP contribution in [-0.4, -0.2) is 69.8 Å². The summed E-state index contributed by atoms with van der Waals surface area (Å²) in [7, 11) is 0. The quantitative estimate of drug-likeness (QED) is 0.432. The summed E-state index contributed by atoms with van der Waals surface area (Å²) in [4.78, 5) is 21.6. The van der Waals surface area contributed by atoms with Crippen molar-refractivity contribution in [3.05, 3.63) is 75.5 Å². The van der Waals surface area contributed by atoms with Gasteiger partial charge in [0.25, 0.3) is 5.91 Å². The summed E-state index contributed by atoms with van der Waals surface area (Å²) >= 11 is 12.7. The summed E-state index contributed by atoms with van der Waals surface area (Å²) in [5, 5.41) is 14.4. The van der Waals surface area contributed by atoms with E-state index in [1.165, 1.54) is 4.90 Å². The average Bonchev–Trinajstić information content (AvgIpc) is 3.32.